The highest BCUT2D eigenvalue weighted by Crippen LogP contribution is 2.26. The summed E-state index contributed by atoms with van der Waals surface area (Å²) in [6.45, 7) is 6.94. The number of Topliss-reactive ketones (excluding diaryl/α,β-unsaturated/α-hetero) is 1. The number of rotatable bonds is 4. The standard InChI is InChI=1S/C18H27NO/c1-13-6-9-16(10-7-13)19(4)12-18(20)17-11-14(2)5-8-15(17)3/h5,8,11,13,16H,6-7,9-10,12H2,1-4H3. The lowest BCUT2D eigenvalue weighted by Crippen LogP contribution is -2.38. The molecule has 0 atom stereocenters. The monoisotopic (exact) mass is 273 g/mol. The van der Waals surface area contributed by atoms with Gasteiger partial charge in [-0.1, -0.05) is 24.6 Å². The molecule has 1 aliphatic carbocycles. The van der Waals surface area contributed by atoms with Crippen molar-refractivity contribution in [2.75, 3.05) is 13.6 Å². The van der Waals surface area contributed by atoms with E-state index in [4.69, 9.17) is 0 Å². The summed E-state index contributed by atoms with van der Waals surface area (Å²) in [6.07, 6.45) is 5.06. The summed E-state index contributed by atoms with van der Waals surface area (Å²) in [5.74, 6) is 1.11. The molecule has 0 bridgehead atoms. The molecular weight excluding hydrogens is 246 g/mol. The van der Waals surface area contributed by atoms with Crippen LogP contribution in [0, 0.1) is 19.8 Å². The van der Waals surface area contributed by atoms with E-state index in [0.29, 0.717) is 12.6 Å². The zero-order valence-electron chi connectivity index (χ0n) is 13.3. The second-order valence-electron chi connectivity index (χ2n) is 6.57. The van der Waals surface area contributed by atoms with Gasteiger partial charge in [-0.15, -0.1) is 0 Å². The Morgan fingerprint density at radius 2 is 1.85 bits per heavy atom. The predicted molar refractivity (Wildman–Crippen MR) is 84.3 cm³/mol. The fourth-order valence-corrected chi connectivity index (χ4v) is 3.16. The summed E-state index contributed by atoms with van der Waals surface area (Å²) in [5, 5.41) is 0. The van der Waals surface area contributed by atoms with Crippen molar-refractivity contribution >= 4 is 5.78 Å². The Morgan fingerprint density at radius 1 is 1.20 bits per heavy atom. The normalized spacial score (nSPS) is 23.1. The number of carbonyl (C=O) groups excluding carboxylic acids is 1. The molecule has 0 aromatic heterocycles. The molecule has 0 spiro atoms. The summed E-state index contributed by atoms with van der Waals surface area (Å²) >= 11 is 0. The van der Waals surface area contributed by atoms with E-state index in [9.17, 15) is 4.79 Å². The molecule has 1 aromatic rings. The average Bonchev–Trinajstić information content (AvgIpc) is 2.42. The molecule has 0 unspecified atom stereocenters. The summed E-state index contributed by atoms with van der Waals surface area (Å²) in [7, 11) is 2.10. The Morgan fingerprint density at radius 3 is 2.50 bits per heavy atom. The highest BCUT2D eigenvalue weighted by Gasteiger charge is 2.23. The van der Waals surface area contributed by atoms with Crippen LogP contribution in [0.15, 0.2) is 18.2 Å². The van der Waals surface area contributed by atoms with Gasteiger partial charge in [-0.2, -0.15) is 0 Å². The van der Waals surface area contributed by atoms with E-state index < -0.39 is 0 Å². The van der Waals surface area contributed by atoms with E-state index in [1.807, 2.05) is 26.0 Å². The molecule has 1 fully saturated rings. The van der Waals surface area contributed by atoms with E-state index in [2.05, 4.69) is 24.9 Å². The van der Waals surface area contributed by atoms with Crippen molar-refractivity contribution in [3.8, 4) is 0 Å². The molecule has 110 valence electrons. The van der Waals surface area contributed by atoms with Gasteiger partial charge in [0.05, 0.1) is 6.54 Å². The zero-order valence-corrected chi connectivity index (χ0v) is 13.3. The molecule has 1 saturated carbocycles. The van der Waals surface area contributed by atoms with Gasteiger partial charge in [0.2, 0.25) is 0 Å². The van der Waals surface area contributed by atoms with Crippen LogP contribution in [-0.2, 0) is 0 Å². The quantitative estimate of drug-likeness (QED) is 0.773. The maximum absolute atomic E-state index is 12.5. The summed E-state index contributed by atoms with van der Waals surface area (Å²) in [5.41, 5.74) is 3.14. The smallest absolute Gasteiger partial charge is 0.177 e. The van der Waals surface area contributed by atoms with Crippen LogP contribution in [0.3, 0.4) is 0 Å². The van der Waals surface area contributed by atoms with Crippen LogP contribution in [0.4, 0.5) is 0 Å². The number of hydrogen-bond donors (Lipinski definition) is 0. The van der Waals surface area contributed by atoms with E-state index in [-0.39, 0.29) is 5.78 Å². The molecule has 0 amide bonds. The summed E-state index contributed by atoms with van der Waals surface area (Å²) in [6, 6.07) is 6.72. The van der Waals surface area contributed by atoms with Gasteiger partial charge in [-0.3, -0.25) is 9.69 Å². The number of aryl methyl sites for hydroxylation is 2. The first-order chi connectivity index (χ1) is 9.47. The van der Waals surface area contributed by atoms with Gasteiger partial charge >= 0.3 is 0 Å². The zero-order chi connectivity index (χ0) is 14.7. The molecule has 1 aromatic carbocycles. The maximum atomic E-state index is 12.5. The molecular formula is C18H27NO. The second-order valence-corrected chi connectivity index (χ2v) is 6.57. The minimum absolute atomic E-state index is 0.257. The van der Waals surface area contributed by atoms with Gasteiger partial charge in [-0.25, -0.2) is 0 Å². The van der Waals surface area contributed by atoms with Crippen LogP contribution < -0.4 is 0 Å². The van der Waals surface area contributed by atoms with Crippen molar-refractivity contribution in [3.05, 3.63) is 34.9 Å². The second kappa shape index (κ2) is 6.53. The molecule has 2 nitrogen and oxygen atoms in total. The lowest BCUT2D eigenvalue weighted by Gasteiger charge is -2.33. The van der Waals surface area contributed by atoms with Crippen LogP contribution in [0.1, 0.15) is 54.1 Å². The van der Waals surface area contributed by atoms with Crippen molar-refractivity contribution in [2.45, 2.75) is 52.5 Å². The van der Waals surface area contributed by atoms with E-state index in [0.717, 1.165) is 22.6 Å². The minimum Gasteiger partial charge on any atom is -0.296 e. The van der Waals surface area contributed by atoms with Crippen LogP contribution in [0.25, 0.3) is 0 Å². The Labute approximate surface area is 123 Å². The third-order valence-corrected chi connectivity index (χ3v) is 4.70. The van der Waals surface area contributed by atoms with Gasteiger partial charge in [0.25, 0.3) is 0 Å². The number of carbonyl (C=O) groups is 1. The molecule has 0 aliphatic heterocycles. The number of likely N-dealkylation sites (N-methyl/N-ethyl adjacent to an activating group) is 1. The van der Waals surface area contributed by atoms with Gasteiger partial charge in [-0.05, 0) is 64.1 Å². The number of ketones is 1. The Bertz CT molecular complexity index is 472. The lowest BCUT2D eigenvalue weighted by molar-refractivity contribution is 0.0888. The fourth-order valence-electron chi connectivity index (χ4n) is 3.16. The maximum Gasteiger partial charge on any atom is 0.177 e. The largest absolute Gasteiger partial charge is 0.296 e. The van der Waals surface area contributed by atoms with Crippen molar-refractivity contribution < 1.29 is 4.79 Å². The molecule has 0 heterocycles. The molecule has 1 aliphatic rings. The van der Waals surface area contributed by atoms with E-state index in [1.165, 1.54) is 25.7 Å². The minimum atomic E-state index is 0.257. The van der Waals surface area contributed by atoms with Crippen LogP contribution in [-0.4, -0.2) is 30.3 Å². The average molecular weight is 273 g/mol. The van der Waals surface area contributed by atoms with Gasteiger partial charge < -0.3 is 0 Å². The van der Waals surface area contributed by atoms with Gasteiger partial charge in [0.1, 0.15) is 0 Å². The molecule has 0 N–H and O–H groups in total. The SMILES string of the molecule is Cc1ccc(C)c(C(=O)CN(C)C2CCC(C)CC2)c1. The van der Waals surface area contributed by atoms with Crippen molar-refractivity contribution in [3.63, 3.8) is 0 Å². The van der Waals surface area contributed by atoms with Crippen LogP contribution in [0.5, 0.6) is 0 Å². The number of benzene rings is 1. The van der Waals surface area contributed by atoms with Crippen molar-refractivity contribution in [1.82, 2.24) is 4.90 Å². The van der Waals surface area contributed by atoms with Gasteiger partial charge in [0.15, 0.2) is 5.78 Å². The topological polar surface area (TPSA) is 20.3 Å². The first kappa shape index (κ1) is 15.2. The first-order valence-corrected chi connectivity index (χ1v) is 7.78. The van der Waals surface area contributed by atoms with Crippen LogP contribution >= 0.6 is 0 Å². The Balaban J connectivity index is 1.98. The third kappa shape index (κ3) is 3.69. The number of nitrogens with zero attached hydrogens (tertiary/aromatic N) is 1. The van der Waals surface area contributed by atoms with Crippen LogP contribution in [0.2, 0.25) is 0 Å². The number of hydrogen-bond acceptors (Lipinski definition) is 2. The molecule has 20 heavy (non-hydrogen) atoms. The molecule has 0 radical (unpaired) electrons. The first-order valence-electron chi connectivity index (χ1n) is 7.78. The lowest BCUT2D eigenvalue weighted by atomic mass is 9.86. The van der Waals surface area contributed by atoms with E-state index in [1.54, 1.807) is 0 Å². The summed E-state index contributed by atoms with van der Waals surface area (Å²) in [4.78, 5) is 14.8. The van der Waals surface area contributed by atoms with Crippen molar-refractivity contribution in [1.29, 1.82) is 0 Å². The highest BCUT2D eigenvalue weighted by atomic mass is 16.1. The Hall–Kier alpha value is -1.15. The van der Waals surface area contributed by atoms with Crippen molar-refractivity contribution in [2.24, 2.45) is 5.92 Å². The summed E-state index contributed by atoms with van der Waals surface area (Å²) < 4.78 is 0. The third-order valence-electron chi connectivity index (χ3n) is 4.70. The fraction of sp³-hybridized carbons (Fsp3) is 0.611. The van der Waals surface area contributed by atoms with E-state index >= 15 is 0 Å². The molecule has 2 heteroatoms. The molecule has 2 rings (SSSR count). The molecule has 0 saturated heterocycles. The Kier molecular flexibility index (Phi) is 4.98. The highest BCUT2D eigenvalue weighted by molar-refractivity contribution is 5.99. The predicted octanol–water partition coefficient (Wildman–Crippen LogP) is 4.00. The van der Waals surface area contributed by atoms with Gasteiger partial charge in [0, 0.05) is 11.6 Å².